The van der Waals surface area contributed by atoms with Crippen LogP contribution in [0.15, 0.2) is 60.7 Å². The van der Waals surface area contributed by atoms with Gasteiger partial charge in [0.2, 0.25) is 0 Å². The highest BCUT2D eigenvalue weighted by Gasteiger charge is 2.46. The zero-order valence-electron chi connectivity index (χ0n) is 18.0. The molecule has 4 nitrogen and oxygen atoms in total. The molecule has 2 aromatic carbocycles. The largest absolute Gasteiger partial charge is 0.467 e. The normalized spacial score (nSPS) is 10.6. The minimum Gasteiger partial charge on any atom is -0.467 e. The lowest BCUT2D eigenvalue weighted by atomic mass is 9.81. The third kappa shape index (κ3) is 6.81. The zero-order chi connectivity index (χ0) is 21.3. The van der Waals surface area contributed by atoms with E-state index < -0.39 is 17.7 Å². The minimum atomic E-state index is -1.47. The first kappa shape index (κ1) is 27.1. The van der Waals surface area contributed by atoms with Crippen LogP contribution in [0.25, 0.3) is 0 Å². The molecule has 0 aromatic heterocycles. The van der Waals surface area contributed by atoms with E-state index in [1.165, 1.54) is 14.2 Å². The Labute approximate surface area is 165 Å². The van der Waals surface area contributed by atoms with Gasteiger partial charge in [-0.3, -0.25) is 0 Å². The van der Waals surface area contributed by atoms with Crippen molar-refractivity contribution in [2.45, 2.75) is 53.2 Å². The van der Waals surface area contributed by atoms with Gasteiger partial charge in [-0.1, -0.05) is 102 Å². The summed E-state index contributed by atoms with van der Waals surface area (Å²) in [5.41, 5.74) is 0.0449. The predicted octanol–water partition coefficient (Wildman–Crippen LogP) is 5.19. The van der Waals surface area contributed by atoms with Gasteiger partial charge in [0, 0.05) is 7.11 Å². The van der Waals surface area contributed by atoms with Crippen LogP contribution in [0, 0.1) is 0 Å². The van der Waals surface area contributed by atoms with Crippen molar-refractivity contribution in [1.82, 2.24) is 0 Å². The fraction of sp³-hybridized carbons (Fsp3) is 0.435. The molecule has 27 heavy (non-hydrogen) atoms. The Morgan fingerprint density at radius 3 is 1.37 bits per heavy atom. The van der Waals surface area contributed by atoms with E-state index in [2.05, 4.69) is 0 Å². The lowest BCUT2D eigenvalue weighted by Crippen LogP contribution is -2.47. The second-order valence-electron chi connectivity index (χ2n) is 4.60. The molecule has 0 fully saturated rings. The zero-order valence-corrected chi connectivity index (χ0v) is 18.0. The Morgan fingerprint density at radius 2 is 1.11 bits per heavy atom. The average molecular weight is 377 g/mol. The summed E-state index contributed by atoms with van der Waals surface area (Å²) < 4.78 is 10.3. The lowest BCUT2D eigenvalue weighted by Gasteiger charge is -2.36. The van der Waals surface area contributed by atoms with Crippen LogP contribution in [0.1, 0.15) is 52.7 Å². The van der Waals surface area contributed by atoms with E-state index in [9.17, 15) is 9.90 Å². The summed E-state index contributed by atoms with van der Waals surface area (Å²) in [4.78, 5) is 11.9. The molecule has 0 aliphatic heterocycles. The molecule has 0 heterocycles. The third-order valence-corrected chi connectivity index (χ3v) is 3.54. The van der Waals surface area contributed by atoms with Crippen molar-refractivity contribution in [2.24, 2.45) is 0 Å². The molecule has 0 spiro atoms. The molecule has 2 aromatic rings. The van der Waals surface area contributed by atoms with Crippen LogP contribution in [0.3, 0.4) is 0 Å². The molecule has 0 aliphatic carbocycles. The van der Waals surface area contributed by atoms with Crippen LogP contribution in [0.5, 0.6) is 0 Å². The first-order valence-electron chi connectivity index (χ1n) is 9.59. The highest BCUT2D eigenvalue weighted by atomic mass is 16.6. The highest BCUT2D eigenvalue weighted by molar-refractivity contribution is 5.77. The molecule has 152 valence electrons. The maximum atomic E-state index is 11.9. The van der Waals surface area contributed by atoms with Gasteiger partial charge in [-0.2, -0.15) is 0 Å². The molecular formula is C23H36O4. The number of hydrogen-bond donors (Lipinski definition) is 1. The quantitative estimate of drug-likeness (QED) is 0.730. The fourth-order valence-corrected chi connectivity index (χ4v) is 2.48. The number of methoxy groups -OCH3 is 2. The lowest BCUT2D eigenvalue weighted by molar-refractivity contribution is -0.167. The van der Waals surface area contributed by atoms with Gasteiger partial charge in [0.15, 0.2) is 11.7 Å². The molecule has 2 rings (SSSR count). The van der Waals surface area contributed by atoms with E-state index in [1.807, 2.05) is 102 Å². The number of aliphatic hydroxyl groups excluding tert-OH is 1. The van der Waals surface area contributed by atoms with Crippen molar-refractivity contribution < 1.29 is 19.4 Å². The predicted molar refractivity (Wildman–Crippen MR) is 113 cm³/mol. The molecule has 0 saturated carbocycles. The van der Waals surface area contributed by atoms with E-state index in [4.69, 9.17) is 9.47 Å². The van der Waals surface area contributed by atoms with E-state index in [1.54, 1.807) is 0 Å². The molecular weight excluding hydrogens is 340 g/mol. The van der Waals surface area contributed by atoms with Crippen LogP contribution >= 0.6 is 0 Å². The number of hydrogen-bond acceptors (Lipinski definition) is 4. The third-order valence-electron chi connectivity index (χ3n) is 3.54. The molecule has 0 saturated heterocycles. The van der Waals surface area contributed by atoms with Crippen molar-refractivity contribution in [3.05, 3.63) is 71.8 Å². The number of esters is 1. The van der Waals surface area contributed by atoms with Crippen LogP contribution in [0.4, 0.5) is 0 Å². The second-order valence-corrected chi connectivity index (χ2v) is 4.60. The van der Waals surface area contributed by atoms with Crippen LogP contribution < -0.4 is 0 Å². The number of carbonyl (C=O) groups excluding carboxylic acids is 1. The Hall–Kier alpha value is -2.17. The van der Waals surface area contributed by atoms with Gasteiger partial charge >= 0.3 is 5.97 Å². The minimum absolute atomic E-state index is 0.677. The van der Waals surface area contributed by atoms with Gasteiger partial charge in [0.05, 0.1) is 7.11 Å². The average Bonchev–Trinajstić information content (AvgIpc) is 2.79. The van der Waals surface area contributed by atoms with Gasteiger partial charge in [-0.15, -0.1) is 0 Å². The Balaban J connectivity index is 0. The van der Waals surface area contributed by atoms with Crippen molar-refractivity contribution >= 4 is 5.97 Å². The molecule has 1 atom stereocenters. The maximum absolute atomic E-state index is 11.9. The summed E-state index contributed by atoms with van der Waals surface area (Å²) in [6.45, 7) is 12.0. The topological polar surface area (TPSA) is 55.8 Å². The summed E-state index contributed by atoms with van der Waals surface area (Å²) in [6.07, 6.45) is -1.47. The molecule has 1 unspecified atom stereocenters. The van der Waals surface area contributed by atoms with Gasteiger partial charge in [0.25, 0.3) is 0 Å². The van der Waals surface area contributed by atoms with Crippen molar-refractivity contribution in [2.75, 3.05) is 14.2 Å². The standard InChI is InChI=1S/C17H18O4.3C2H6/c1-20-16(19)15(18)17(21-2,13-9-5-3-6-10-13)14-11-7-4-8-12-14;3*1-2/h3-12,15,18H,1-2H3;3*1-2H3. The first-order valence-corrected chi connectivity index (χ1v) is 9.59. The molecule has 0 amide bonds. The van der Waals surface area contributed by atoms with Gasteiger partial charge in [-0.25, -0.2) is 4.79 Å². The van der Waals surface area contributed by atoms with Crippen LogP contribution in [-0.4, -0.2) is 31.4 Å². The van der Waals surface area contributed by atoms with Crippen LogP contribution in [0.2, 0.25) is 0 Å². The van der Waals surface area contributed by atoms with Crippen molar-refractivity contribution in [1.29, 1.82) is 0 Å². The summed E-state index contributed by atoms with van der Waals surface area (Å²) in [5, 5.41) is 10.5. The van der Waals surface area contributed by atoms with Crippen molar-refractivity contribution in [3.63, 3.8) is 0 Å². The number of carbonyl (C=O) groups is 1. The molecule has 1 N–H and O–H groups in total. The van der Waals surface area contributed by atoms with Gasteiger partial charge in [0.1, 0.15) is 0 Å². The van der Waals surface area contributed by atoms with E-state index in [-0.39, 0.29) is 0 Å². The summed E-state index contributed by atoms with van der Waals surface area (Å²) in [7, 11) is 2.70. The molecule has 0 bridgehead atoms. The summed E-state index contributed by atoms with van der Waals surface area (Å²) in [6, 6.07) is 18.3. The summed E-state index contributed by atoms with van der Waals surface area (Å²) >= 11 is 0. The first-order chi connectivity index (χ1) is 13.2. The number of aliphatic hydroxyl groups is 1. The Morgan fingerprint density at radius 1 is 0.778 bits per heavy atom. The SMILES string of the molecule is CC.CC.CC.COC(=O)C(O)C(OC)(c1ccccc1)c1ccccc1. The number of ether oxygens (including phenoxy) is 2. The number of benzene rings is 2. The fourth-order valence-electron chi connectivity index (χ4n) is 2.48. The Bertz CT molecular complexity index is 542. The number of rotatable bonds is 5. The molecule has 4 heteroatoms. The smallest absolute Gasteiger partial charge is 0.338 e. The second kappa shape index (κ2) is 16.0. The Kier molecular flexibility index (Phi) is 16.1. The van der Waals surface area contributed by atoms with E-state index >= 15 is 0 Å². The van der Waals surface area contributed by atoms with Crippen LogP contribution in [-0.2, 0) is 19.9 Å². The van der Waals surface area contributed by atoms with Crippen molar-refractivity contribution in [3.8, 4) is 0 Å². The monoisotopic (exact) mass is 376 g/mol. The highest BCUT2D eigenvalue weighted by Crippen LogP contribution is 2.37. The van der Waals surface area contributed by atoms with Gasteiger partial charge < -0.3 is 14.6 Å². The van der Waals surface area contributed by atoms with E-state index in [0.29, 0.717) is 11.1 Å². The van der Waals surface area contributed by atoms with E-state index in [0.717, 1.165) is 0 Å². The maximum Gasteiger partial charge on any atom is 0.338 e. The molecule has 0 radical (unpaired) electrons. The van der Waals surface area contributed by atoms with Gasteiger partial charge in [-0.05, 0) is 11.1 Å². The molecule has 0 aliphatic rings. The summed E-state index contributed by atoms with van der Waals surface area (Å²) in [5.74, 6) is -0.746.